The van der Waals surface area contributed by atoms with Gasteiger partial charge in [0.2, 0.25) is 0 Å². The second-order valence-corrected chi connectivity index (χ2v) is 6.82. The van der Waals surface area contributed by atoms with Gasteiger partial charge in [-0.15, -0.1) is 0 Å². The van der Waals surface area contributed by atoms with Crippen molar-refractivity contribution >= 4 is 5.91 Å². The molecule has 24 heavy (non-hydrogen) atoms. The summed E-state index contributed by atoms with van der Waals surface area (Å²) in [5.41, 5.74) is 1.11. The van der Waals surface area contributed by atoms with E-state index in [0.29, 0.717) is 19.2 Å². The molecule has 3 saturated heterocycles. The Morgan fingerprint density at radius 2 is 2.00 bits per heavy atom. The molecule has 0 aliphatic carbocycles. The van der Waals surface area contributed by atoms with Crippen LogP contribution in [0.15, 0.2) is 24.3 Å². The van der Waals surface area contributed by atoms with Gasteiger partial charge in [0.15, 0.2) is 0 Å². The van der Waals surface area contributed by atoms with Crippen LogP contribution in [0.2, 0.25) is 0 Å². The van der Waals surface area contributed by atoms with E-state index in [9.17, 15) is 9.18 Å². The molecule has 6 heteroatoms. The molecule has 4 rings (SSSR count). The summed E-state index contributed by atoms with van der Waals surface area (Å²) in [6.07, 6.45) is 3.27. The van der Waals surface area contributed by atoms with Gasteiger partial charge in [0.05, 0.1) is 19.3 Å². The molecule has 5 nitrogen and oxygen atoms in total. The van der Waals surface area contributed by atoms with Gasteiger partial charge in [0.25, 0.3) is 5.91 Å². The maximum absolute atomic E-state index is 13.0. The summed E-state index contributed by atoms with van der Waals surface area (Å²) in [4.78, 5) is 20.2. The van der Waals surface area contributed by atoms with Gasteiger partial charge in [-0.2, -0.15) is 0 Å². The van der Waals surface area contributed by atoms with Crippen molar-refractivity contribution in [1.82, 2.24) is 9.96 Å². The minimum atomic E-state index is -0.366. The summed E-state index contributed by atoms with van der Waals surface area (Å²) in [6.45, 7) is 3.05. The van der Waals surface area contributed by atoms with E-state index >= 15 is 0 Å². The molecule has 0 unspecified atom stereocenters. The predicted molar refractivity (Wildman–Crippen MR) is 85.4 cm³/mol. The van der Waals surface area contributed by atoms with E-state index in [0.717, 1.165) is 44.3 Å². The van der Waals surface area contributed by atoms with Crippen LogP contribution in [0.4, 0.5) is 4.39 Å². The smallest absolute Gasteiger partial charge is 0.275 e. The monoisotopic (exact) mass is 334 g/mol. The highest BCUT2D eigenvalue weighted by Crippen LogP contribution is 2.33. The number of hydrogen-bond acceptors (Lipinski definition) is 4. The fraction of sp³-hybridized carbons (Fsp3) is 0.611. The Morgan fingerprint density at radius 1 is 1.17 bits per heavy atom. The Hall–Kier alpha value is -1.50. The summed E-state index contributed by atoms with van der Waals surface area (Å²) < 4.78 is 19.1. The molecule has 3 heterocycles. The highest BCUT2D eigenvalue weighted by Gasteiger charge is 2.43. The molecule has 0 saturated carbocycles. The number of rotatable bonds is 3. The van der Waals surface area contributed by atoms with Gasteiger partial charge < -0.3 is 4.74 Å². The fourth-order valence-corrected chi connectivity index (χ4v) is 4.00. The molecule has 0 bridgehead atoms. The first-order valence-corrected chi connectivity index (χ1v) is 8.79. The lowest BCUT2D eigenvalue weighted by Gasteiger charge is -2.36. The molecular weight excluding hydrogens is 311 g/mol. The number of halogens is 1. The molecule has 3 fully saturated rings. The van der Waals surface area contributed by atoms with Crippen molar-refractivity contribution in [3.8, 4) is 0 Å². The van der Waals surface area contributed by atoms with Crippen molar-refractivity contribution in [1.29, 1.82) is 0 Å². The van der Waals surface area contributed by atoms with Crippen LogP contribution in [0, 0.1) is 5.82 Å². The topological polar surface area (TPSA) is 42.0 Å². The van der Waals surface area contributed by atoms with E-state index in [-0.39, 0.29) is 23.9 Å². The number of likely N-dealkylation sites (tertiary alicyclic amines) is 1. The van der Waals surface area contributed by atoms with Gasteiger partial charge in [-0.25, -0.2) is 9.45 Å². The van der Waals surface area contributed by atoms with Gasteiger partial charge in [-0.3, -0.25) is 14.5 Å². The predicted octanol–water partition coefficient (Wildman–Crippen LogP) is 2.11. The Labute approximate surface area is 141 Å². The third-order valence-electron chi connectivity index (χ3n) is 5.24. The van der Waals surface area contributed by atoms with Gasteiger partial charge in [-0.1, -0.05) is 12.1 Å². The van der Waals surface area contributed by atoms with Gasteiger partial charge in [-0.05, 0) is 43.4 Å². The first-order valence-electron chi connectivity index (χ1n) is 8.79. The Bertz CT molecular complexity index is 588. The molecule has 3 aliphatic heterocycles. The maximum Gasteiger partial charge on any atom is 0.275 e. The van der Waals surface area contributed by atoms with Crippen LogP contribution in [0.5, 0.6) is 0 Å². The van der Waals surface area contributed by atoms with E-state index in [4.69, 9.17) is 9.57 Å². The molecular formula is C18H23FN2O3. The third kappa shape index (κ3) is 3.18. The van der Waals surface area contributed by atoms with Crippen molar-refractivity contribution in [3.63, 3.8) is 0 Å². The van der Waals surface area contributed by atoms with Crippen molar-refractivity contribution in [3.05, 3.63) is 35.6 Å². The zero-order valence-electron chi connectivity index (χ0n) is 13.7. The SMILES string of the molecule is O=C([C@@H]1CC[C@@H]2[C@@H](CCN2Cc2ccc(F)cc2)O1)N1CCCO1. The minimum Gasteiger partial charge on any atom is -0.363 e. The van der Waals surface area contributed by atoms with Crippen LogP contribution in [-0.4, -0.2) is 53.8 Å². The number of hydrogen-bond donors (Lipinski definition) is 0. The number of benzene rings is 1. The second-order valence-electron chi connectivity index (χ2n) is 6.82. The van der Waals surface area contributed by atoms with Crippen molar-refractivity contribution in [2.45, 2.75) is 50.5 Å². The normalized spacial score (nSPS) is 30.5. The average molecular weight is 334 g/mol. The zero-order chi connectivity index (χ0) is 16.5. The van der Waals surface area contributed by atoms with E-state index < -0.39 is 0 Å². The van der Waals surface area contributed by atoms with Crippen LogP contribution >= 0.6 is 0 Å². The molecule has 3 atom stereocenters. The minimum absolute atomic E-state index is 0.0251. The van der Waals surface area contributed by atoms with E-state index in [1.54, 1.807) is 0 Å². The average Bonchev–Trinajstić information content (AvgIpc) is 3.26. The van der Waals surface area contributed by atoms with Gasteiger partial charge in [0, 0.05) is 19.1 Å². The molecule has 0 N–H and O–H groups in total. The number of ether oxygens (including phenoxy) is 1. The van der Waals surface area contributed by atoms with E-state index in [2.05, 4.69) is 4.90 Å². The molecule has 0 aromatic heterocycles. The summed E-state index contributed by atoms with van der Waals surface area (Å²) >= 11 is 0. The zero-order valence-corrected chi connectivity index (χ0v) is 13.7. The Balaban J connectivity index is 1.35. The lowest BCUT2D eigenvalue weighted by molar-refractivity contribution is -0.189. The van der Waals surface area contributed by atoms with Crippen molar-refractivity contribution in [2.24, 2.45) is 0 Å². The van der Waals surface area contributed by atoms with E-state index in [1.165, 1.54) is 17.2 Å². The largest absolute Gasteiger partial charge is 0.363 e. The quantitative estimate of drug-likeness (QED) is 0.849. The molecule has 1 aromatic carbocycles. The third-order valence-corrected chi connectivity index (χ3v) is 5.24. The summed E-state index contributed by atoms with van der Waals surface area (Å²) in [5.74, 6) is -0.229. The first kappa shape index (κ1) is 16.0. The number of fused-ring (bicyclic) bond motifs is 1. The Kier molecular flexibility index (Phi) is 4.52. The molecule has 1 aromatic rings. The standard InChI is InChI=1S/C18H23FN2O3/c19-14-4-2-13(3-5-14)12-20-10-8-16-15(20)6-7-17(24-16)18(22)21-9-1-11-23-21/h2-5,15-17H,1,6-12H2/t15-,16-,17+/m1/s1. The first-order chi connectivity index (χ1) is 11.7. The summed E-state index contributed by atoms with van der Waals surface area (Å²) in [5, 5.41) is 1.47. The lowest BCUT2D eigenvalue weighted by Crippen LogP contribution is -2.48. The fourth-order valence-electron chi connectivity index (χ4n) is 4.00. The van der Waals surface area contributed by atoms with Crippen LogP contribution in [0.1, 0.15) is 31.2 Å². The van der Waals surface area contributed by atoms with E-state index in [1.807, 2.05) is 12.1 Å². The lowest BCUT2D eigenvalue weighted by atomic mass is 9.98. The second kappa shape index (κ2) is 6.78. The molecule has 0 radical (unpaired) electrons. The molecule has 1 amide bonds. The maximum atomic E-state index is 13.0. The number of nitrogens with zero attached hydrogens (tertiary/aromatic N) is 2. The molecule has 0 spiro atoms. The summed E-state index contributed by atoms with van der Waals surface area (Å²) in [6, 6.07) is 7.03. The highest BCUT2D eigenvalue weighted by atomic mass is 19.1. The van der Waals surface area contributed by atoms with Crippen molar-refractivity contribution in [2.75, 3.05) is 19.7 Å². The van der Waals surface area contributed by atoms with Crippen molar-refractivity contribution < 1.29 is 18.8 Å². The van der Waals surface area contributed by atoms with Crippen LogP contribution in [0.3, 0.4) is 0 Å². The highest BCUT2D eigenvalue weighted by molar-refractivity contribution is 5.80. The van der Waals surface area contributed by atoms with Crippen LogP contribution < -0.4 is 0 Å². The number of hydroxylamine groups is 2. The number of amides is 1. The van der Waals surface area contributed by atoms with Gasteiger partial charge in [0.1, 0.15) is 11.9 Å². The van der Waals surface area contributed by atoms with Crippen LogP contribution in [-0.2, 0) is 20.9 Å². The number of carbonyl (C=O) groups excluding carboxylic acids is 1. The molecule has 130 valence electrons. The summed E-state index contributed by atoms with van der Waals surface area (Å²) in [7, 11) is 0. The Morgan fingerprint density at radius 3 is 2.75 bits per heavy atom. The molecule has 3 aliphatic rings. The van der Waals surface area contributed by atoms with Crippen LogP contribution in [0.25, 0.3) is 0 Å². The number of carbonyl (C=O) groups is 1. The van der Waals surface area contributed by atoms with Gasteiger partial charge >= 0.3 is 0 Å².